The van der Waals surface area contributed by atoms with E-state index >= 15 is 0 Å². The number of urea groups is 1. The number of nitrogens with one attached hydrogen (secondary N) is 1. The van der Waals surface area contributed by atoms with Crippen molar-refractivity contribution in [3.63, 3.8) is 0 Å². The monoisotopic (exact) mass is 303 g/mol. The van der Waals surface area contributed by atoms with E-state index < -0.39 is 0 Å². The molecule has 1 aromatic rings. The van der Waals surface area contributed by atoms with Crippen LogP contribution in [0.15, 0.2) is 36.7 Å². The summed E-state index contributed by atoms with van der Waals surface area (Å²) in [6.45, 7) is 9.28. The molecule has 2 rings (SSSR count). The van der Waals surface area contributed by atoms with Crippen molar-refractivity contribution in [3.05, 3.63) is 42.2 Å². The molecule has 1 aliphatic rings. The van der Waals surface area contributed by atoms with Gasteiger partial charge in [-0.2, -0.15) is 0 Å². The van der Waals surface area contributed by atoms with Crippen LogP contribution in [0.5, 0.6) is 0 Å². The predicted molar refractivity (Wildman–Crippen MR) is 86.5 cm³/mol. The number of nitrogens with zero attached hydrogens (tertiary/aromatic N) is 2. The lowest BCUT2D eigenvalue weighted by Crippen LogP contribution is -2.42. The Kier molecular flexibility index (Phi) is 5.55. The molecule has 5 heteroatoms. The van der Waals surface area contributed by atoms with E-state index in [9.17, 15) is 4.79 Å². The van der Waals surface area contributed by atoms with Crippen molar-refractivity contribution < 1.29 is 9.53 Å². The van der Waals surface area contributed by atoms with E-state index in [2.05, 4.69) is 16.9 Å². The van der Waals surface area contributed by atoms with Gasteiger partial charge in [0.1, 0.15) is 0 Å². The maximum atomic E-state index is 12.3. The first-order valence-electron chi connectivity index (χ1n) is 7.68. The van der Waals surface area contributed by atoms with Crippen LogP contribution < -0.4 is 5.32 Å². The summed E-state index contributed by atoms with van der Waals surface area (Å²) in [6, 6.07) is 3.75. The molecule has 3 atom stereocenters. The van der Waals surface area contributed by atoms with E-state index in [-0.39, 0.29) is 18.2 Å². The first kappa shape index (κ1) is 16.5. The number of ether oxygens (including phenoxy) is 1. The molecule has 120 valence electrons. The van der Waals surface area contributed by atoms with Crippen LogP contribution in [0.3, 0.4) is 0 Å². The molecule has 1 saturated heterocycles. The summed E-state index contributed by atoms with van der Waals surface area (Å²) in [5.74, 6) is 0.309. The number of carbonyl (C=O) groups excluding carboxylic acids is 1. The molecule has 1 aromatic heterocycles. The number of hydrogen-bond acceptors (Lipinski definition) is 3. The SMILES string of the molecule is C=C(C)C1OCCC1CNC(=O)N(C)C(C)c1cccnc1. The third kappa shape index (κ3) is 3.85. The minimum Gasteiger partial charge on any atom is -0.374 e. The van der Waals surface area contributed by atoms with Gasteiger partial charge >= 0.3 is 6.03 Å². The van der Waals surface area contributed by atoms with Crippen LogP contribution in [-0.2, 0) is 4.74 Å². The van der Waals surface area contributed by atoms with Crippen molar-refractivity contribution in [2.75, 3.05) is 20.2 Å². The molecule has 0 aromatic carbocycles. The lowest BCUT2D eigenvalue weighted by atomic mass is 9.97. The Hall–Kier alpha value is -1.88. The second-order valence-corrected chi connectivity index (χ2v) is 5.95. The molecule has 2 heterocycles. The fourth-order valence-corrected chi connectivity index (χ4v) is 2.75. The normalized spacial score (nSPS) is 22.1. The highest BCUT2D eigenvalue weighted by Crippen LogP contribution is 2.25. The number of carbonyl (C=O) groups is 1. The standard InChI is InChI=1S/C17H25N3O2/c1-12(2)16-15(7-9-22-16)11-19-17(21)20(4)13(3)14-6-5-8-18-10-14/h5-6,8,10,13,15-16H,1,7,9,11H2,2-4H3,(H,19,21). The minimum absolute atomic E-state index is 0.0227. The number of aromatic nitrogens is 1. The molecule has 3 unspecified atom stereocenters. The second kappa shape index (κ2) is 7.40. The van der Waals surface area contributed by atoms with Gasteiger partial charge in [0.25, 0.3) is 0 Å². The Balaban J connectivity index is 1.88. The first-order chi connectivity index (χ1) is 10.5. The summed E-state index contributed by atoms with van der Waals surface area (Å²) in [6.07, 6.45) is 4.53. The van der Waals surface area contributed by atoms with Crippen LogP contribution in [0.2, 0.25) is 0 Å². The molecule has 0 saturated carbocycles. The molecule has 0 aliphatic carbocycles. The summed E-state index contributed by atoms with van der Waals surface area (Å²) in [7, 11) is 1.80. The minimum atomic E-state index is -0.0799. The highest BCUT2D eigenvalue weighted by atomic mass is 16.5. The van der Waals surface area contributed by atoms with E-state index in [4.69, 9.17) is 4.74 Å². The molecule has 1 N–H and O–H groups in total. The van der Waals surface area contributed by atoms with Crippen molar-refractivity contribution in [3.8, 4) is 0 Å². The molecule has 1 fully saturated rings. The largest absolute Gasteiger partial charge is 0.374 e. The topological polar surface area (TPSA) is 54.5 Å². The highest BCUT2D eigenvalue weighted by molar-refractivity contribution is 5.74. The first-order valence-corrected chi connectivity index (χ1v) is 7.68. The smallest absolute Gasteiger partial charge is 0.317 e. The molecule has 2 amide bonds. The lowest BCUT2D eigenvalue weighted by Gasteiger charge is -2.27. The van der Waals surface area contributed by atoms with Crippen LogP contribution >= 0.6 is 0 Å². The zero-order valence-electron chi connectivity index (χ0n) is 13.6. The summed E-state index contributed by atoms with van der Waals surface area (Å²) < 4.78 is 5.66. The number of rotatable bonds is 5. The van der Waals surface area contributed by atoms with Gasteiger partial charge in [-0.05, 0) is 31.9 Å². The number of amides is 2. The van der Waals surface area contributed by atoms with Crippen molar-refractivity contribution in [2.24, 2.45) is 5.92 Å². The van der Waals surface area contributed by atoms with E-state index in [1.165, 1.54) is 0 Å². The Morgan fingerprint density at radius 1 is 1.64 bits per heavy atom. The predicted octanol–water partition coefficient (Wildman–Crippen LogP) is 2.77. The van der Waals surface area contributed by atoms with E-state index in [0.29, 0.717) is 12.5 Å². The molecule has 1 aliphatic heterocycles. The summed E-state index contributed by atoms with van der Waals surface area (Å²) in [5.41, 5.74) is 2.04. The highest BCUT2D eigenvalue weighted by Gasteiger charge is 2.29. The van der Waals surface area contributed by atoms with E-state index in [1.54, 1.807) is 24.3 Å². The van der Waals surface area contributed by atoms with Crippen molar-refractivity contribution >= 4 is 6.03 Å². The van der Waals surface area contributed by atoms with Crippen LogP contribution in [0, 0.1) is 5.92 Å². The van der Waals surface area contributed by atoms with Gasteiger partial charge in [-0.1, -0.05) is 18.2 Å². The Bertz CT molecular complexity index is 518. The van der Waals surface area contributed by atoms with Crippen molar-refractivity contribution in [2.45, 2.75) is 32.4 Å². The maximum Gasteiger partial charge on any atom is 0.317 e. The van der Waals surface area contributed by atoms with Crippen LogP contribution in [0.25, 0.3) is 0 Å². The molecule has 5 nitrogen and oxygen atoms in total. The van der Waals surface area contributed by atoms with E-state index in [1.807, 2.05) is 26.0 Å². The molecule has 0 bridgehead atoms. The van der Waals surface area contributed by atoms with Crippen LogP contribution in [0.4, 0.5) is 4.79 Å². The maximum absolute atomic E-state index is 12.3. The quantitative estimate of drug-likeness (QED) is 0.851. The summed E-state index contributed by atoms with van der Waals surface area (Å²) in [4.78, 5) is 18.1. The fourth-order valence-electron chi connectivity index (χ4n) is 2.75. The molecular formula is C17H25N3O2. The average molecular weight is 303 g/mol. The van der Waals surface area contributed by atoms with Gasteiger partial charge in [-0.3, -0.25) is 4.98 Å². The van der Waals surface area contributed by atoms with E-state index in [0.717, 1.165) is 24.2 Å². The number of pyridine rings is 1. The zero-order chi connectivity index (χ0) is 16.1. The second-order valence-electron chi connectivity index (χ2n) is 5.95. The zero-order valence-corrected chi connectivity index (χ0v) is 13.6. The summed E-state index contributed by atoms with van der Waals surface area (Å²) in [5, 5.41) is 3.01. The van der Waals surface area contributed by atoms with Gasteiger partial charge in [0.05, 0.1) is 12.1 Å². The summed E-state index contributed by atoms with van der Waals surface area (Å²) >= 11 is 0. The number of hydrogen-bond donors (Lipinski definition) is 1. The molecule has 22 heavy (non-hydrogen) atoms. The molecular weight excluding hydrogens is 278 g/mol. The van der Waals surface area contributed by atoms with Crippen molar-refractivity contribution in [1.82, 2.24) is 15.2 Å². The van der Waals surface area contributed by atoms with Crippen molar-refractivity contribution in [1.29, 1.82) is 0 Å². The van der Waals surface area contributed by atoms with Gasteiger partial charge in [0.15, 0.2) is 0 Å². The third-order valence-corrected chi connectivity index (χ3v) is 4.28. The van der Waals surface area contributed by atoms with Gasteiger partial charge < -0.3 is 15.0 Å². The molecule has 0 spiro atoms. The Morgan fingerprint density at radius 2 is 2.41 bits per heavy atom. The van der Waals surface area contributed by atoms with Gasteiger partial charge in [-0.15, -0.1) is 0 Å². The third-order valence-electron chi connectivity index (χ3n) is 4.28. The fraction of sp³-hybridized carbons (Fsp3) is 0.529. The average Bonchev–Trinajstić information content (AvgIpc) is 3.00. The van der Waals surface area contributed by atoms with Crippen LogP contribution in [-0.4, -0.2) is 42.2 Å². The van der Waals surface area contributed by atoms with Gasteiger partial charge in [-0.25, -0.2) is 4.79 Å². The van der Waals surface area contributed by atoms with Gasteiger partial charge in [0, 0.05) is 38.5 Å². The Morgan fingerprint density at radius 3 is 3.05 bits per heavy atom. The molecule has 0 radical (unpaired) electrons. The van der Waals surface area contributed by atoms with Crippen LogP contribution in [0.1, 0.15) is 31.9 Å². The lowest BCUT2D eigenvalue weighted by molar-refractivity contribution is 0.118. The Labute approximate surface area is 132 Å². The van der Waals surface area contributed by atoms with Gasteiger partial charge in [0.2, 0.25) is 0 Å².